The van der Waals surface area contributed by atoms with Crippen molar-refractivity contribution in [1.29, 1.82) is 0 Å². The number of hydrogen-bond acceptors (Lipinski definition) is 14. The van der Waals surface area contributed by atoms with Crippen LogP contribution in [0.25, 0.3) is 0 Å². The number of aromatic amines is 1. The van der Waals surface area contributed by atoms with Crippen LogP contribution in [0.2, 0.25) is 0 Å². The number of rotatable bonds is 30. The van der Waals surface area contributed by atoms with Crippen LogP contribution in [0.15, 0.2) is 17.5 Å². The molecule has 0 fully saturated rings. The first kappa shape index (κ1) is 53.6. The Kier molecular flexibility index (Phi) is 22.8. The summed E-state index contributed by atoms with van der Waals surface area (Å²) in [6, 6.07) is -10.6. The zero-order valence-corrected chi connectivity index (χ0v) is 34.8. The van der Waals surface area contributed by atoms with Crippen LogP contribution in [0.3, 0.4) is 0 Å². The van der Waals surface area contributed by atoms with E-state index in [0.29, 0.717) is 5.69 Å². The molecule has 1 aromatic rings. The van der Waals surface area contributed by atoms with E-state index in [1.807, 2.05) is 0 Å². The van der Waals surface area contributed by atoms with Crippen molar-refractivity contribution >= 4 is 70.9 Å². The number of aliphatic imine (C=N–C) groups is 1. The van der Waals surface area contributed by atoms with Gasteiger partial charge in [0.25, 0.3) is 0 Å². The third-order valence-corrected chi connectivity index (χ3v) is 8.88. The van der Waals surface area contributed by atoms with Gasteiger partial charge in [-0.25, -0.2) is 4.98 Å². The number of nitrogens with one attached hydrogen (secondary N) is 7. The third kappa shape index (κ3) is 21.1. The van der Waals surface area contributed by atoms with Crippen molar-refractivity contribution < 1.29 is 52.7 Å². The minimum atomic E-state index is -1.78. The Morgan fingerprint density at radius 2 is 1.06 bits per heavy atom. The lowest BCUT2D eigenvalue weighted by molar-refractivity contribution is -0.136. The Hall–Kier alpha value is -7.39. The molecule has 0 saturated heterocycles. The van der Waals surface area contributed by atoms with E-state index in [-0.39, 0.29) is 57.5 Å². The lowest BCUT2D eigenvalue weighted by Crippen LogP contribution is -2.61. The number of primary amides is 5. The monoisotopic (exact) mass is 893 g/mol. The largest absolute Gasteiger partial charge is 0.370 e. The fourth-order valence-corrected chi connectivity index (χ4v) is 5.59. The lowest BCUT2D eigenvalue weighted by atomic mass is 10.0. The second-order valence-electron chi connectivity index (χ2n) is 14.6. The fourth-order valence-electron chi connectivity index (χ4n) is 5.59. The average Bonchev–Trinajstić information content (AvgIpc) is 3.69. The van der Waals surface area contributed by atoms with E-state index < -0.39 is 126 Å². The van der Waals surface area contributed by atoms with Crippen LogP contribution in [-0.4, -0.2) is 130 Å². The van der Waals surface area contributed by atoms with E-state index >= 15 is 0 Å². The van der Waals surface area contributed by atoms with Gasteiger partial charge in [-0.2, -0.15) is 0 Å². The van der Waals surface area contributed by atoms with Gasteiger partial charge >= 0.3 is 0 Å². The SMILES string of the molecule is CC(C)[C@H](NC(=O)[C@H](CCC(N)=O)NC(=O)[C@@H](N)CC(N)=O)C(=O)N[C@@H](CCCN=C(N)N)C(=O)N[C@@H](CC(N)=O)C(=O)N[C@@H](Cc1cnc[nH]1)C(=O)N[C@@H](CCC(N)=O)C(N)=O. The van der Waals surface area contributed by atoms with Crippen LogP contribution >= 0.6 is 0 Å². The number of aromatic nitrogens is 2. The second-order valence-corrected chi connectivity index (χ2v) is 14.6. The van der Waals surface area contributed by atoms with Crippen molar-refractivity contribution in [3.8, 4) is 0 Å². The summed E-state index contributed by atoms with van der Waals surface area (Å²) in [6.07, 6.45) is -0.509. The summed E-state index contributed by atoms with van der Waals surface area (Å²) in [5, 5.41) is 14.3. The number of hydrogen-bond donors (Lipinski definition) is 15. The molecule has 23 N–H and O–H groups in total. The van der Waals surface area contributed by atoms with Crippen molar-refractivity contribution in [1.82, 2.24) is 41.9 Å². The average molecular weight is 894 g/mol. The normalized spacial score (nSPS) is 14.2. The maximum Gasteiger partial charge on any atom is 0.243 e. The molecule has 0 bridgehead atoms. The summed E-state index contributed by atoms with van der Waals surface area (Å²) in [5.41, 5.74) is 43.2. The Morgan fingerprint density at radius 3 is 1.57 bits per heavy atom. The van der Waals surface area contributed by atoms with E-state index in [0.717, 1.165) is 0 Å². The van der Waals surface area contributed by atoms with Gasteiger partial charge in [0.2, 0.25) is 65.0 Å². The minimum absolute atomic E-state index is 0.0349. The van der Waals surface area contributed by atoms with Gasteiger partial charge in [-0.3, -0.25) is 57.7 Å². The molecule has 0 aliphatic heterocycles. The molecule has 7 atom stereocenters. The molecule has 0 radical (unpaired) electrons. The quantitative estimate of drug-likeness (QED) is 0.0194. The molecule has 0 aliphatic carbocycles. The van der Waals surface area contributed by atoms with E-state index in [4.69, 9.17) is 45.9 Å². The first-order valence-corrected chi connectivity index (χ1v) is 19.4. The molecule has 28 heteroatoms. The smallest absolute Gasteiger partial charge is 0.243 e. The summed E-state index contributed by atoms with van der Waals surface area (Å²) in [7, 11) is 0. The topological polar surface area (TPSA) is 509 Å². The molecule has 1 rings (SSSR count). The summed E-state index contributed by atoms with van der Waals surface area (Å²) in [5.74, 6) is -11.6. The fraction of sp³-hybridized carbons (Fsp3) is 0.571. The van der Waals surface area contributed by atoms with Gasteiger partial charge in [0, 0.05) is 37.7 Å². The zero-order chi connectivity index (χ0) is 48.0. The molecule has 0 spiro atoms. The summed E-state index contributed by atoms with van der Waals surface area (Å²) < 4.78 is 0. The molecule has 350 valence electrons. The van der Waals surface area contributed by atoms with Crippen LogP contribution in [0.1, 0.15) is 70.9 Å². The first-order valence-electron chi connectivity index (χ1n) is 19.4. The van der Waals surface area contributed by atoms with E-state index in [9.17, 15) is 52.7 Å². The molecule has 63 heavy (non-hydrogen) atoms. The van der Waals surface area contributed by atoms with Gasteiger partial charge in [-0.1, -0.05) is 13.8 Å². The zero-order valence-electron chi connectivity index (χ0n) is 34.8. The van der Waals surface area contributed by atoms with Gasteiger partial charge in [0.1, 0.15) is 36.3 Å². The highest BCUT2D eigenvalue weighted by Crippen LogP contribution is 2.10. The molecule has 1 heterocycles. The van der Waals surface area contributed by atoms with Crippen LogP contribution in [0, 0.1) is 5.92 Å². The predicted molar refractivity (Wildman–Crippen MR) is 220 cm³/mol. The summed E-state index contributed by atoms with van der Waals surface area (Å²) in [4.78, 5) is 150. The van der Waals surface area contributed by atoms with Crippen molar-refractivity contribution in [3.05, 3.63) is 18.2 Å². The van der Waals surface area contributed by atoms with Crippen LogP contribution in [0.4, 0.5) is 0 Å². The van der Waals surface area contributed by atoms with E-state index in [1.165, 1.54) is 26.4 Å². The molecular formula is C35H59N17O11. The molecule has 0 aromatic carbocycles. The number of carbonyl (C=O) groups is 11. The Morgan fingerprint density at radius 1 is 0.587 bits per heavy atom. The molecule has 0 unspecified atom stereocenters. The Labute approximate surface area is 360 Å². The summed E-state index contributed by atoms with van der Waals surface area (Å²) >= 11 is 0. The third-order valence-electron chi connectivity index (χ3n) is 8.88. The van der Waals surface area contributed by atoms with Crippen LogP contribution < -0.4 is 77.8 Å². The highest BCUT2D eigenvalue weighted by Gasteiger charge is 2.35. The second kappa shape index (κ2) is 26.7. The van der Waals surface area contributed by atoms with Crippen molar-refractivity contribution in [2.24, 2.45) is 56.8 Å². The van der Waals surface area contributed by atoms with Crippen molar-refractivity contribution in [2.75, 3.05) is 6.54 Å². The molecular weight excluding hydrogens is 834 g/mol. The highest BCUT2D eigenvalue weighted by molar-refractivity contribution is 5.99. The maximum atomic E-state index is 13.9. The van der Waals surface area contributed by atoms with Crippen molar-refractivity contribution in [2.45, 2.75) is 114 Å². The van der Waals surface area contributed by atoms with Gasteiger partial charge in [0.15, 0.2) is 5.96 Å². The number of carbonyl (C=O) groups excluding carboxylic acids is 11. The molecule has 28 nitrogen and oxygen atoms in total. The number of H-pyrrole nitrogens is 1. The molecule has 1 aromatic heterocycles. The minimum Gasteiger partial charge on any atom is -0.370 e. The number of nitrogens with zero attached hydrogens (tertiary/aromatic N) is 2. The molecule has 0 saturated carbocycles. The van der Waals surface area contributed by atoms with Crippen LogP contribution in [0.5, 0.6) is 0 Å². The number of amides is 11. The highest BCUT2D eigenvalue weighted by atomic mass is 16.2. The molecule has 11 amide bonds. The number of nitrogens with two attached hydrogens (primary N) is 8. The van der Waals surface area contributed by atoms with E-state index in [1.54, 1.807) is 0 Å². The van der Waals surface area contributed by atoms with Gasteiger partial charge in [0.05, 0.1) is 25.2 Å². The number of imidazole rings is 1. The van der Waals surface area contributed by atoms with Crippen molar-refractivity contribution in [3.63, 3.8) is 0 Å². The van der Waals surface area contributed by atoms with Crippen LogP contribution in [-0.2, 0) is 59.2 Å². The standard InChI is InChI=1S/C35H59N17O11/c1-15(2)27(52-31(60)20(6-8-24(38)54)48-29(58)17(36)11-25(39)55)34(63)49-19(4-3-9-45-35(42)43)30(59)51-22(12-26(40)56)33(62)50-21(10-16-13-44-14-46-16)32(61)47-18(28(41)57)5-7-23(37)53/h13-15,17-22,27H,3-12,36H2,1-2H3,(H2,37,53)(H2,38,54)(H2,39,55)(H2,40,56)(H2,41,57)(H,44,46)(H,47,61)(H,48,58)(H,49,63)(H,50,62)(H,51,59)(H,52,60)(H4,42,43,45)/t17-,18-,19-,20-,21-,22-,27-/m0/s1. The Bertz CT molecular complexity index is 1840. The first-order chi connectivity index (χ1) is 29.4. The lowest BCUT2D eigenvalue weighted by Gasteiger charge is -2.28. The van der Waals surface area contributed by atoms with Gasteiger partial charge in [-0.15, -0.1) is 0 Å². The van der Waals surface area contributed by atoms with E-state index in [2.05, 4.69) is 46.9 Å². The maximum absolute atomic E-state index is 13.9. The predicted octanol–water partition coefficient (Wildman–Crippen LogP) is -8.34. The van der Waals surface area contributed by atoms with Gasteiger partial charge in [-0.05, 0) is 31.6 Å². The molecule has 0 aliphatic rings. The Balaban J connectivity index is 3.45. The van der Waals surface area contributed by atoms with Gasteiger partial charge < -0.3 is 82.8 Å². The summed E-state index contributed by atoms with van der Waals surface area (Å²) in [6.45, 7) is 3.03. The number of guanidine groups is 1.